The Kier molecular flexibility index (Phi) is 7.22. The number of hydrogen-bond donors (Lipinski definition) is 0. The lowest BCUT2D eigenvalue weighted by atomic mass is 9.96. The Morgan fingerprint density at radius 1 is 0.733 bits per heavy atom. The third-order valence-electron chi connectivity index (χ3n) is 5.74. The molecule has 2 aromatic carbocycles. The van der Waals surface area contributed by atoms with Gasteiger partial charge in [0.2, 0.25) is 0 Å². The molecule has 4 rings (SSSR count). The van der Waals surface area contributed by atoms with Crippen LogP contribution in [0.1, 0.15) is 24.5 Å². The summed E-state index contributed by atoms with van der Waals surface area (Å²) >= 11 is 0. The number of hydrogen-bond acceptors (Lipinski definition) is 4. The van der Waals surface area contributed by atoms with Crippen molar-refractivity contribution in [2.45, 2.75) is 13.3 Å². The van der Waals surface area contributed by atoms with Crippen LogP contribution in [0.25, 0.3) is 5.57 Å². The quantitative estimate of drug-likeness (QED) is 0.648. The highest BCUT2D eigenvalue weighted by atomic mass is 16.5. The lowest BCUT2D eigenvalue weighted by molar-refractivity contribution is 0.122. The maximum atomic E-state index is 5.48. The van der Waals surface area contributed by atoms with Crippen molar-refractivity contribution in [1.29, 1.82) is 0 Å². The summed E-state index contributed by atoms with van der Waals surface area (Å²) in [6.07, 6.45) is 7.64. The summed E-state index contributed by atoms with van der Waals surface area (Å²) in [6, 6.07) is 17.9. The van der Waals surface area contributed by atoms with Gasteiger partial charge in [-0.1, -0.05) is 49.4 Å². The first-order chi connectivity index (χ1) is 14.8. The molecule has 2 fully saturated rings. The van der Waals surface area contributed by atoms with Gasteiger partial charge in [-0.05, 0) is 47.4 Å². The number of anilines is 2. The first-order valence-corrected chi connectivity index (χ1v) is 11.1. The summed E-state index contributed by atoms with van der Waals surface area (Å²) in [4.78, 5) is 4.79. The van der Waals surface area contributed by atoms with E-state index in [1.54, 1.807) is 0 Å². The fraction of sp³-hybridized carbons (Fsp3) is 0.385. The fourth-order valence-corrected chi connectivity index (χ4v) is 4.01. The maximum Gasteiger partial charge on any atom is 0.0642 e. The summed E-state index contributed by atoms with van der Waals surface area (Å²) in [7, 11) is 0. The van der Waals surface area contributed by atoms with E-state index >= 15 is 0 Å². The summed E-state index contributed by atoms with van der Waals surface area (Å²) < 4.78 is 11.0. The van der Waals surface area contributed by atoms with E-state index in [1.807, 2.05) is 0 Å². The number of ether oxygens (including phenoxy) is 2. The molecule has 4 nitrogen and oxygen atoms in total. The van der Waals surface area contributed by atoms with Crippen molar-refractivity contribution in [3.05, 3.63) is 77.9 Å². The molecule has 0 atom stereocenters. The molecular formula is C26H32N2O2. The van der Waals surface area contributed by atoms with Crippen LogP contribution in [0.3, 0.4) is 0 Å². The number of morpholine rings is 2. The van der Waals surface area contributed by atoms with E-state index in [-0.39, 0.29) is 0 Å². The topological polar surface area (TPSA) is 24.9 Å². The van der Waals surface area contributed by atoms with Gasteiger partial charge in [-0.3, -0.25) is 0 Å². The van der Waals surface area contributed by atoms with E-state index in [0.717, 1.165) is 59.0 Å². The summed E-state index contributed by atoms with van der Waals surface area (Å²) in [5.74, 6) is 0. The SMILES string of the molecule is CCC=CC=C(c1ccc(N2CCOCC2)cc1)c1ccc(N2CCOCC2)cc1. The number of allylic oxidation sites excluding steroid dienone is 3. The first-order valence-electron chi connectivity index (χ1n) is 11.1. The minimum atomic E-state index is 0.810. The minimum absolute atomic E-state index is 0.810. The highest BCUT2D eigenvalue weighted by Gasteiger charge is 2.13. The Bertz CT molecular complexity index is 780. The largest absolute Gasteiger partial charge is 0.378 e. The molecule has 0 aliphatic carbocycles. The zero-order valence-corrected chi connectivity index (χ0v) is 17.9. The third-order valence-corrected chi connectivity index (χ3v) is 5.74. The van der Waals surface area contributed by atoms with Crippen molar-refractivity contribution in [3.63, 3.8) is 0 Å². The standard InChI is InChI=1S/C26H32N2O2/c1-2-3-4-5-26(22-6-10-24(11-7-22)27-14-18-29-19-15-27)23-8-12-25(13-9-23)28-16-20-30-21-17-28/h3-13H,2,14-21H2,1H3. The monoisotopic (exact) mass is 404 g/mol. The van der Waals surface area contributed by atoms with Gasteiger partial charge in [0, 0.05) is 37.6 Å². The van der Waals surface area contributed by atoms with Gasteiger partial charge in [0.1, 0.15) is 0 Å². The molecule has 0 amide bonds. The molecule has 2 aliphatic rings. The molecule has 158 valence electrons. The lowest BCUT2D eigenvalue weighted by Gasteiger charge is -2.29. The highest BCUT2D eigenvalue weighted by Crippen LogP contribution is 2.28. The molecule has 0 radical (unpaired) electrons. The van der Waals surface area contributed by atoms with Gasteiger partial charge in [0.15, 0.2) is 0 Å². The van der Waals surface area contributed by atoms with Crippen molar-refractivity contribution in [3.8, 4) is 0 Å². The zero-order valence-electron chi connectivity index (χ0n) is 17.9. The van der Waals surface area contributed by atoms with E-state index in [2.05, 4.69) is 83.5 Å². The molecule has 2 aromatic rings. The average molecular weight is 405 g/mol. The van der Waals surface area contributed by atoms with Gasteiger partial charge >= 0.3 is 0 Å². The lowest BCUT2D eigenvalue weighted by Crippen LogP contribution is -2.36. The molecule has 0 N–H and O–H groups in total. The van der Waals surface area contributed by atoms with E-state index < -0.39 is 0 Å². The Hall–Kier alpha value is -2.56. The fourth-order valence-electron chi connectivity index (χ4n) is 4.01. The second-order valence-corrected chi connectivity index (χ2v) is 7.71. The van der Waals surface area contributed by atoms with Gasteiger partial charge in [-0.15, -0.1) is 0 Å². The Morgan fingerprint density at radius 2 is 1.17 bits per heavy atom. The van der Waals surface area contributed by atoms with Crippen molar-refractivity contribution in [2.24, 2.45) is 0 Å². The Morgan fingerprint density at radius 3 is 1.57 bits per heavy atom. The first kappa shape index (κ1) is 20.7. The van der Waals surface area contributed by atoms with Crippen molar-refractivity contribution in [1.82, 2.24) is 0 Å². The van der Waals surface area contributed by atoms with Gasteiger partial charge in [0.05, 0.1) is 26.4 Å². The minimum Gasteiger partial charge on any atom is -0.378 e. The molecule has 0 unspecified atom stereocenters. The van der Waals surface area contributed by atoms with Crippen LogP contribution >= 0.6 is 0 Å². The maximum absolute atomic E-state index is 5.48. The second kappa shape index (κ2) is 10.5. The molecule has 0 aromatic heterocycles. The highest BCUT2D eigenvalue weighted by molar-refractivity contribution is 5.82. The molecule has 4 heteroatoms. The molecule has 30 heavy (non-hydrogen) atoms. The summed E-state index contributed by atoms with van der Waals surface area (Å²) in [5.41, 5.74) is 6.28. The van der Waals surface area contributed by atoms with Crippen LogP contribution in [0.15, 0.2) is 66.8 Å². The molecule has 2 aliphatic heterocycles. The van der Waals surface area contributed by atoms with E-state index in [1.165, 1.54) is 28.1 Å². The van der Waals surface area contributed by atoms with E-state index in [4.69, 9.17) is 9.47 Å². The molecule has 0 spiro atoms. The third kappa shape index (κ3) is 5.13. The summed E-state index contributed by atoms with van der Waals surface area (Å²) in [5, 5.41) is 0. The van der Waals surface area contributed by atoms with E-state index in [9.17, 15) is 0 Å². The van der Waals surface area contributed by atoms with Crippen LogP contribution in [0.2, 0.25) is 0 Å². The predicted molar refractivity (Wildman–Crippen MR) is 125 cm³/mol. The van der Waals surface area contributed by atoms with Crippen molar-refractivity contribution >= 4 is 16.9 Å². The summed E-state index contributed by atoms with van der Waals surface area (Å²) in [6.45, 7) is 9.25. The normalized spacial score (nSPS) is 17.4. The molecular weight excluding hydrogens is 372 g/mol. The molecule has 0 saturated carbocycles. The van der Waals surface area contributed by atoms with Crippen LogP contribution in [-0.4, -0.2) is 52.6 Å². The van der Waals surface area contributed by atoms with Crippen molar-refractivity contribution < 1.29 is 9.47 Å². The van der Waals surface area contributed by atoms with Crippen LogP contribution in [0.5, 0.6) is 0 Å². The number of rotatable bonds is 6. The zero-order chi connectivity index (χ0) is 20.6. The second-order valence-electron chi connectivity index (χ2n) is 7.71. The number of benzene rings is 2. The molecule has 0 bridgehead atoms. The van der Waals surface area contributed by atoms with Gasteiger partial charge in [-0.25, -0.2) is 0 Å². The van der Waals surface area contributed by atoms with Crippen molar-refractivity contribution in [2.75, 3.05) is 62.4 Å². The predicted octanol–water partition coefficient (Wildman–Crippen LogP) is 4.76. The Labute approximate surface area is 180 Å². The Balaban J connectivity index is 1.57. The average Bonchev–Trinajstić information content (AvgIpc) is 2.83. The molecule has 2 saturated heterocycles. The molecule has 2 heterocycles. The van der Waals surface area contributed by atoms with Crippen LogP contribution in [-0.2, 0) is 9.47 Å². The van der Waals surface area contributed by atoms with E-state index in [0.29, 0.717) is 0 Å². The number of nitrogens with zero attached hydrogens (tertiary/aromatic N) is 2. The van der Waals surface area contributed by atoms with Gasteiger partial charge in [-0.2, -0.15) is 0 Å². The van der Waals surface area contributed by atoms with Gasteiger partial charge < -0.3 is 19.3 Å². The van der Waals surface area contributed by atoms with Crippen LogP contribution in [0, 0.1) is 0 Å². The smallest absolute Gasteiger partial charge is 0.0642 e. The van der Waals surface area contributed by atoms with Gasteiger partial charge in [0.25, 0.3) is 0 Å². The van der Waals surface area contributed by atoms with Crippen LogP contribution < -0.4 is 9.80 Å². The van der Waals surface area contributed by atoms with Crippen LogP contribution in [0.4, 0.5) is 11.4 Å².